The number of nitrogens with one attached hydrogen (secondary N) is 1. The molecule has 2 atom stereocenters. The van der Waals surface area contributed by atoms with Crippen LogP contribution in [-0.2, 0) is 26.0 Å². The molecule has 1 N–H and O–H groups in total. The molecule has 192 valence electrons. The van der Waals surface area contributed by atoms with Crippen LogP contribution in [0, 0.1) is 5.82 Å². The lowest BCUT2D eigenvalue weighted by Gasteiger charge is -2.30. The molecule has 0 saturated heterocycles. The molecule has 0 aromatic heterocycles. The zero-order valence-electron chi connectivity index (χ0n) is 20.9. The van der Waals surface area contributed by atoms with Gasteiger partial charge in [0.1, 0.15) is 11.9 Å². The average molecular weight is 506 g/mol. The molecule has 0 aliphatic rings. The quantitative estimate of drug-likeness (QED) is 0.449. The predicted octanol–water partition coefficient (Wildman–Crippen LogP) is 3.75. The van der Waals surface area contributed by atoms with Crippen LogP contribution in [-0.4, -0.2) is 56.6 Å². The van der Waals surface area contributed by atoms with Crippen molar-refractivity contribution in [3.05, 3.63) is 66.0 Å². The molecule has 9 heteroatoms. The van der Waals surface area contributed by atoms with Gasteiger partial charge in [0, 0.05) is 25.6 Å². The largest absolute Gasteiger partial charge is 0.352 e. The number of amides is 2. The number of sulfonamides is 1. The van der Waals surface area contributed by atoms with Crippen LogP contribution < -0.4 is 9.62 Å². The number of nitrogens with zero attached hydrogens (tertiary/aromatic N) is 2. The first-order chi connectivity index (χ1) is 16.5. The van der Waals surface area contributed by atoms with Gasteiger partial charge in [0.15, 0.2) is 0 Å². The summed E-state index contributed by atoms with van der Waals surface area (Å²) in [6, 6.07) is 14.6. The van der Waals surface area contributed by atoms with E-state index < -0.39 is 21.9 Å². The topological polar surface area (TPSA) is 86.8 Å². The van der Waals surface area contributed by atoms with Gasteiger partial charge < -0.3 is 10.2 Å². The third-order valence-corrected chi connectivity index (χ3v) is 7.11. The molecule has 0 fully saturated rings. The molecule has 35 heavy (non-hydrogen) atoms. The molecule has 2 rings (SSSR count). The first-order valence-corrected chi connectivity index (χ1v) is 13.8. The molecule has 2 amide bonds. The van der Waals surface area contributed by atoms with E-state index in [1.54, 1.807) is 17.9 Å². The highest BCUT2D eigenvalue weighted by atomic mass is 32.2. The Morgan fingerprint density at radius 1 is 1.00 bits per heavy atom. The van der Waals surface area contributed by atoms with Crippen LogP contribution in [0.4, 0.5) is 10.1 Å². The summed E-state index contributed by atoms with van der Waals surface area (Å²) in [7, 11) is -3.75. The second-order valence-corrected chi connectivity index (χ2v) is 10.6. The van der Waals surface area contributed by atoms with Gasteiger partial charge in [-0.2, -0.15) is 0 Å². The maximum atomic E-state index is 14.2. The summed E-state index contributed by atoms with van der Waals surface area (Å²) < 4.78 is 39.8. The minimum absolute atomic E-state index is 0.0138. The smallest absolute Gasteiger partial charge is 0.242 e. The van der Waals surface area contributed by atoms with Gasteiger partial charge in [-0.3, -0.25) is 13.9 Å². The van der Waals surface area contributed by atoms with Crippen LogP contribution >= 0.6 is 0 Å². The number of hydrogen-bond donors (Lipinski definition) is 1. The lowest BCUT2D eigenvalue weighted by molar-refractivity contribution is -0.140. The highest BCUT2D eigenvalue weighted by Crippen LogP contribution is 2.22. The van der Waals surface area contributed by atoms with Gasteiger partial charge in [-0.05, 0) is 50.8 Å². The van der Waals surface area contributed by atoms with Crippen molar-refractivity contribution in [2.45, 2.75) is 58.5 Å². The summed E-state index contributed by atoms with van der Waals surface area (Å²) in [5, 5.41) is 2.92. The second kappa shape index (κ2) is 13.2. The Morgan fingerprint density at radius 2 is 1.63 bits per heavy atom. The Bertz CT molecular complexity index is 1080. The van der Waals surface area contributed by atoms with E-state index in [-0.39, 0.29) is 42.9 Å². The molecule has 0 radical (unpaired) electrons. The van der Waals surface area contributed by atoms with Gasteiger partial charge in [0.2, 0.25) is 21.8 Å². The maximum Gasteiger partial charge on any atom is 0.242 e. The molecule has 2 aromatic rings. The van der Waals surface area contributed by atoms with E-state index in [0.717, 1.165) is 22.5 Å². The van der Waals surface area contributed by atoms with Gasteiger partial charge >= 0.3 is 0 Å². The Kier molecular flexibility index (Phi) is 10.7. The fourth-order valence-corrected chi connectivity index (χ4v) is 4.64. The number of para-hydroxylation sites is 1. The Labute approximate surface area is 208 Å². The van der Waals surface area contributed by atoms with Crippen molar-refractivity contribution < 1.29 is 22.4 Å². The fraction of sp³-hybridized carbons (Fsp3) is 0.462. The highest BCUT2D eigenvalue weighted by Gasteiger charge is 2.27. The van der Waals surface area contributed by atoms with Crippen molar-refractivity contribution in [3.63, 3.8) is 0 Å². The van der Waals surface area contributed by atoms with E-state index in [1.807, 2.05) is 44.2 Å². The van der Waals surface area contributed by atoms with E-state index in [1.165, 1.54) is 18.2 Å². The summed E-state index contributed by atoms with van der Waals surface area (Å²) in [4.78, 5) is 27.5. The highest BCUT2D eigenvalue weighted by molar-refractivity contribution is 7.92. The first kappa shape index (κ1) is 28.3. The lowest BCUT2D eigenvalue weighted by atomic mass is 10.1. The van der Waals surface area contributed by atoms with Crippen molar-refractivity contribution in [1.29, 1.82) is 0 Å². The van der Waals surface area contributed by atoms with E-state index >= 15 is 0 Å². The fourth-order valence-electron chi connectivity index (χ4n) is 3.67. The molecule has 0 aliphatic heterocycles. The number of benzene rings is 2. The van der Waals surface area contributed by atoms with E-state index in [9.17, 15) is 22.4 Å². The number of carbonyl (C=O) groups is 2. The molecule has 0 bridgehead atoms. The minimum atomic E-state index is -3.75. The van der Waals surface area contributed by atoms with Crippen molar-refractivity contribution in [2.75, 3.05) is 23.7 Å². The number of rotatable bonds is 13. The van der Waals surface area contributed by atoms with Gasteiger partial charge in [-0.15, -0.1) is 0 Å². The molecule has 7 nitrogen and oxygen atoms in total. The number of carbonyl (C=O) groups excluding carboxylic acids is 2. The average Bonchev–Trinajstić information content (AvgIpc) is 2.82. The van der Waals surface area contributed by atoms with Gasteiger partial charge in [0.05, 0.1) is 11.9 Å². The summed E-state index contributed by atoms with van der Waals surface area (Å²) >= 11 is 0. The van der Waals surface area contributed by atoms with Crippen molar-refractivity contribution >= 4 is 27.5 Å². The first-order valence-electron chi connectivity index (χ1n) is 11.9. The monoisotopic (exact) mass is 505 g/mol. The van der Waals surface area contributed by atoms with Crippen molar-refractivity contribution in [3.8, 4) is 0 Å². The molecule has 0 spiro atoms. The van der Waals surface area contributed by atoms with E-state index in [4.69, 9.17) is 0 Å². The second-order valence-electron chi connectivity index (χ2n) is 8.71. The zero-order valence-corrected chi connectivity index (χ0v) is 21.7. The molecule has 0 aliphatic carbocycles. The Hall–Kier alpha value is -2.94. The van der Waals surface area contributed by atoms with Crippen LogP contribution in [0.3, 0.4) is 0 Å². The standard InChI is InChI=1S/C26H36FN3O4S/c1-5-20(2)28-26(32)21(3)29(19-17-22-12-7-6-8-13-22)25(31)16-11-18-30(35(4,33)34)24-15-10-9-14-23(24)27/h6-10,12-15,20-21H,5,11,16-19H2,1-4H3,(H,28,32)/t20-,21+/m0/s1. The number of hydrogen-bond acceptors (Lipinski definition) is 4. The van der Waals surface area contributed by atoms with E-state index in [0.29, 0.717) is 13.0 Å². The van der Waals surface area contributed by atoms with Gasteiger partial charge in [0.25, 0.3) is 0 Å². The Balaban J connectivity index is 2.12. The number of anilines is 1. The van der Waals surface area contributed by atoms with Crippen LogP contribution in [0.5, 0.6) is 0 Å². The minimum Gasteiger partial charge on any atom is -0.352 e. The summed E-state index contributed by atoms with van der Waals surface area (Å²) in [5.74, 6) is -1.14. The van der Waals surface area contributed by atoms with Crippen LogP contribution in [0.15, 0.2) is 54.6 Å². The molecule has 0 saturated carbocycles. The molecular weight excluding hydrogens is 469 g/mol. The molecule has 0 unspecified atom stereocenters. The molecular formula is C26H36FN3O4S. The van der Waals surface area contributed by atoms with Crippen LogP contribution in [0.1, 0.15) is 45.6 Å². The van der Waals surface area contributed by atoms with Crippen LogP contribution in [0.2, 0.25) is 0 Å². The van der Waals surface area contributed by atoms with Gasteiger partial charge in [-0.25, -0.2) is 12.8 Å². The zero-order chi connectivity index (χ0) is 26.0. The third kappa shape index (κ3) is 8.65. The predicted molar refractivity (Wildman–Crippen MR) is 137 cm³/mol. The van der Waals surface area contributed by atoms with Crippen molar-refractivity contribution in [1.82, 2.24) is 10.2 Å². The molecule has 0 heterocycles. The van der Waals surface area contributed by atoms with Crippen molar-refractivity contribution in [2.24, 2.45) is 0 Å². The van der Waals surface area contributed by atoms with Gasteiger partial charge in [-0.1, -0.05) is 49.4 Å². The Morgan fingerprint density at radius 3 is 2.23 bits per heavy atom. The third-order valence-electron chi connectivity index (χ3n) is 5.93. The SMILES string of the molecule is CC[C@H](C)NC(=O)[C@@H](C)N(CCc1ccccc1)C(=O)CCCN(c1ccccc1F)S(C)(=O)=O. The summed E-state index contributed by atoms with van der Waals surface area (Å²) in [6.07, 6.45) is 2.57. The summed E-state index contributed by atoms with van der Waals surface area (Å²) in [6.45, 7) is 5.87. The molecule has 2 aromatic carbocycles. The maximum absolute atomic E-state index is 14.2. The van der Waals surface area contributed by atoms with Crippen LogP contribution in [0.25, 0.3) is 0 Å². The normalized spacial score (nSPS) is 13.1. The lowest BCUT2D eigenvalue weighted by Crippen LogP contribution is -2.50. The summed E-state index contributed by atoms with van der Waals surface area (Å²) in [5.41, 5.74) is 0.993. The number of halogens is 1. The van der Waals surface area contributed by atoms with E-state index in [2.05, 4.69) is 5.32 Å².